The minimum atomic E-state index is -0.393. The summed E-state index contributed by atoms with van der Waals surface area (Å²) in [6.07, 6.45) is 5.06. The summed E-state index contributed by atoms with van der Waals surface area (Å²) in [5.74, 6) is 1.19. The minimum absolute atomic E-state index is 0.148. The molecule has 2 rings (SSSR count). The van der Waals surface area contributed by atoms with E-state index in [9.17, 15) is 9.59 Å². The number of hydrogen-bond acceptors (Lipinski definition) is 4. The van der Waals surface area contributed by atoms with Crippen LogP contribution in [0.2, 0.25) is 0 Å². The van der Waals surface area contributed by atoms with Gasteiger partial charge in [0.2, 0.25) is 5.91 Å². The highest BCUT2D eigenvalue weighted by Gasteiger charge is 2.18. The molecule has 1 aromatic carbocycles. The molecule has 6 nitrogen and oxygen atoms in total. The second-order valence-electron chi connectivity index (χ2n) is 5.42. The number of benzene rings is 1. The van der Waals surface area contributed by atoms with E-state index in [1.807, 2.05) is 0 Å². The Morgan fingerprint density at radius 1 is 1.05 bits per heavy atom. The van der Waals surface area contributed by atoms with Gasteiger partial charge in [-0.2, -0.15) is 0 Å². The van der Waals surface area contributed by atoms with Crippen LogP contribution in [0.15, 0.2) is 24.3 Å². The summed E-state index contributed by atoms with van der Waals surface area (Å²) >= 11 is 0. The molecule has 1 fully saturated rings. The summed E-state index contributed by atoms with van der Waals surface area (Å²) in [5.41, 5.74) is 4.79. The standard InChI is InChI=1S/C16H22N2O4/c1-21-13-6-8-14(9-7-13)22-11-16(20)18-17-15(19)10-12-4-2-3-5-12/h6-9,12H,2-5,10-11H2,1H3,(H,17,19)(H,18,20). The molecular formula is C16H22N2O4. The number of carbonyl (C=O) groups excluding carboxylic acids is 2. The lowest BCUT2D eigenvalue weighted by Gasteiger charge is -2.11. The van der Waals surface area contributed by atoms with Gasteiger partial charge in [-0.3, -0.25) is 20.4 Å². The molecule has 6 heteroatoms. The van der Waals surface area contributed by atoms with E-state index in [4.69, 9.17) is 9.47 Å². The number of amides is 2. The maximum absolute atomic E-state index is 11.7. The fourth-order valence-corrected chi connectivity index (χ4v) is 2.52. The van der Waals surface area contributed by atoms with Crippen molar-refractivity contribution in [3.63, 3.8) is 0 Å². The number of methoxy groups -OCH3 is 1. The highest BCUT2D eigenvalue weighted by atomic mass is 16.5. The molecule has 1 aliphatic carbocycles. The van der Waals surface area contributed by atoms with E-state index in [0.717, 1.165) is 18.6 Å². The summed E-state index contributed by atoms with van der Waals surface area (Å²) in [7, 11) is 1.58. The average Bonchev–Trinajstić information content (AvgIpc) is 3.04. The Bertz CT molecular complexity index is 495. The summed E-state index contributed by atoms with van der Waals surface area (Å²) in [6, 6.07) is 6.92. The number of carbonyl (C=O) groups is 2. The van der Waals surface area contributed by atoms with E-state index in [-0.39, 0.29) is 12.5 Å². The van der Waals surface area contributed by atoms with Crippen LogP contribution >= 0.6 is 0 Å². The van der Waals surface area contributed by atoms with Crippen molar-refractivity contribution in [3.8, 4) is 11.5 Å². The first-order valence-electron chi connectivity index (χ1n) is 7.52. The second kappa shape index (κ2) is 8.26. The van der Waals surface area contributed by atoms with Crippen LogP contribution in [0.3, 0.4) is 0 Å². The zero-order valence-corrected chi connectivity index (χ0v) is 12.8. The van der Waals surface area contributed by atoms with Crippen LogP contribution in [0.25, 0.3) is 0 Å². The first-order valence-corrected chi connectivity index (χ1v) is 7.52. The van der Waals surface area contributed by atoms with Crippen molar-refractivity contribution in [1.29, 1.82) is 0 Å². The third-order valence-electron chi connectivity index (χ3n) is 3.72. The number of nitrogens with one attached hydrogen (secondary N) is 2. The lowest BCUT2D eigenvalue weighted by atomic mass is 10.0. The molecule has 0 heterocycles. The van der Waals surface area contributed by atoms with Gasteiger partial charge in [0.25, 0.3) is 5.91 Å². The summed E-state index contributed by atoms with van der Waals surface area (Å²) in [5, 5.41) is 0. The molecule has 0 unspecified atom stereocenters. The Hall–Kier alpha value is -2.24. The summed E-state index contributed by atoms with van der Waals surface area (Å²) in [4.78, 5) is 23.3. The molecule has 2 amide bonds. The van der Waals surface area contributed by atoms with Crippen LogP contribution in [-0.4, -0.2) is 25.5 Å². The van der Waals surface area contributed by atoms with Gasteiger partial charge in [0.05, 0.1) is 7.11 Å². The number of rotatable bonds is 6. The fraction of sp³-hybridized carbons (Fsp3) is 0.500. The molecule has 22 heavy (non-hydrogen) atoms. The van der Waals surface area contributed by atoms with Gasteiger partial charge in [0, 0.05) is 6.42 Å². The predicted octanol–water partition coefficient (Wildman–Crippen LogP) is 1.80. The summed E-state index contributed by atoms with van der Waals surface area (Å²) < 4.78 is 10.3. The zero-order chi connectivity index (χ0) is 15.8. The molecule has 120 valence electrons. The Morgan fingerprint density at radius 2 is 1.64 bits per heavy atom. The molecule has 1 saturated carbocycles. The number of ether oxygens (including phenoxy) is 2. The van der Waals surface area contributed by atoms with Crippen molar-refractivity contribution in [3.05, 3.63) is 24.3 Å². The van der Waals surface area contributed by atoms with E-state index in [2.05, 4.69) is 10.9 Å². The fourth-order valence-electron chi connectivity index (χ4n) is 2.52. The normalized spacial score (nSPS) is 14.4. The molecule has 0 aliphatic heterocycles. The SMILES string of the molecule is COc1ccc(OCC(=O)NNC(=O)CC2CCCC2)cc1. The van der Waals surface area contributed by atoms with Crippen molar-refractivity contribution in [2.24, 2.45) is 5.92 Å². The van der Waals surface area contributed by atoms with Gasteiger partial charge in [-0.15, -0.1) is 0 Å². The number of hydrogen-bond donors (Lipinski definition) is 2. The first kappa shape index (κ1) is 16.1. The molecule has 0 bridgehead atoms. The smallest absolute Gasteiger partial charge is 0.276 e. The second-order valence-corrected chi connectivity index (χ2v) is 5.42. The van der Waals surface area contributed by atoms with Crippen molar-refractivity contribution >= 4 is 11.8 Å². The van der Waals surface area contributed by atoms with Crippen LogP contribution in [0.5, 0.6) is 11.5 Å². The quantitative estimate of drug-likeness (QED) is 0.786. The van der Waals surface area contributed by atoms with Crippen molar-refractivity contribution in [1.82, 2.24) is 10.9 Å². The molecule has 1 aliphatic rings. The first-order chi connectivity index (χ1) is 10.7. The van der Waals surface area contributed by atoms with Gasteiger partial charge in [-0.1, -0.05) is 12.8 Å². The lowest BCUT2D eigenvalue weighted by Crippen LogP contribution is -2.44. The Morgan fingerprint density at radius 3 is 2.27 bits per heavy atom. The van der Waals surface area contributed by atoms with Crippen LogP contribution < -0.4 is 20.3 Å². The van der Waals surface area contributed by atoms with E-state index in [1.165, 1.54) is 12.8 Å². The van der Waals surface area contributed by atoms with Gasteiger partial charge in [0.1, 0.15) is 11.5 Å². The highest BCUT2D eigenvalue weighted by Crippen LogP contribution is 2.27. The molecule has 2 N–H and O–H groups in total. The van der Waals surface area contributed by atoms with Crippen molar-refractivity contribution < 1.29 is 19.1 Å². The molecule has 0 saturated heterocycles. The van der Waals surface area contributed by atoms with Gasteiger partial charge >= 0.3 is 0 Å². The van der Waals surface area contributed by atoms with Crippen LogP contribution in [0, 0.1) is 5.92 Å². The van der Waals surface area contributed by atoms with Crippen LogP contribution in [-0.2, 0) is 9.59 Å². The van der Waals surface area contributed by atoms with Crippen molar-refractivity contribution in [2.75, 3.05) is 13.7 Å². The molecule has 1 aromatic rings. The maximum Gasteiger partial charge on any atom is 0.276 e. The monoisotopic (exact) mass is 306 g/mol. The van der Waals surface area contributed by atoms with Crippen LogP contribution in [0.4, 0.5) is 0 Å². The Labute approximate surface area is 130 Å². The van der Waals surface area contributed by atoms with E-state index < -0.39 is 5.91 Å². The van der Waals surface area contributed by atoms with Gasteiger partial charge in [-0.05, 0) is 43.0 Å². The number of hydrazine groups is 1. The third kappa shape index (κ3) is 5.27. The van der Waals surface area contributed by atoms with Gasteiger partial charge in [0.15, 0.2) is 6.61 Å². The molecule has 0 aromatic heterocycles. The molecule has 0 radical (unpaired) electrons. The minimum Gasteiger partial charge on any atom is -0.497 e. The highest BCUT2D eigenvalue weighted by molar-refractivity contribution is 5.82. The van der Waals surface area contributed by atoms with Crippen molar-refractivity contribution in [2.45, 2.75) is 32.1 Å². The zero-order valence-electron chi connectivity index (χ0n) is 12.8. The van der Waals surface area contributed by atoms with Gasteiger partial charge in [-0.25, -0.2) is 0 Å². The maximum atomic E-state index is 11.7. The molecule has 0 spiro atoms. The van der Waals surface area contributed by atoms with Gasteiger partial charge < -0.3 is 9.47 Å². The largest absolute Gasteiger partial charge is 0.497 e. The predicted molar refractivity (Wildman–Crippen MR) is 81.3 cm³/mol. The summed E-state index contributed by atoms with van der Waals surface area (Å²) in [6.45, 7) is -0.157. The van der Waals surface area contributed by atoms with E-state index in [1.54, 1.807) is 31.4 Å². The Kier molecular flexibility index (Phi) is 6.06. The molecular weight excluding hydrogens is 284 g/mol. The molecule has 0 atom stereocenters. The average molecular weight is 306 g/mol. The third-order valence-corrected chi connectivity index (χ3v) is 3.72. The van der Waals surface area contributed by atoms with E-state index in [0.29, 0.717) is 18.1 Å². The topological polar surface area (TPSA) is 76.7 Å². The van der Waals surface area contributed by atoms with E-state index >= 15 is 0 Å². The van der Waals surface area contributed by atoms with Crippen LogP contribution in [0.1, 0.15) is 32.1 Å². The Balaban J connectivity index is 1.63. The lowest BCUT2D eigenvalue weighted by molar-refractivity contribution is -0.130.